The predicted octanol–water partition coefficient (Wildman–Crippen LogP) is 3.63. The number of halogens is 2. The standard InChI is InChI=1S/C14H8BrFN2O2/c15-11-7-18(13-6-17-4-3-9(11)13)12-2-1-8(16)5-10(12)14(19)20/h1-7H,(H,19,20). The lowest BCUT2D eigenvalue weighted by molar-refractivity contribution is 0.0696. The maximum absolute atomic E-state index is 13.2. The van der Waals surface area contributed by atoms with Gasteiger partial charge < -0.3 is 9.67 Å². The van der Waals surface area contributed by atoms with Gasteiger partial charge in [-0.15, -0.1) is 0 Å². The summed E-state index contributed by atoms with van der Waals surface area (Å²) in [7, 11) is 0. The monoisotopic (exact) mass is 334 g/mol. The van der Waals surface area contributed by atoms with E-state index < -0.39 is 11.8 Å². The van der Waals surface area contributed by atoms with Gasteiger partial charge in [0.1, 0.15) is 5.82 Å². The van der Waals surface area contributed by atoms with Crippen molar-refractivity contribution in [2.45, 2.75) is 0 Å². The van der Waals surface area contributed by atoms with Crippen molar-refractivity contribution >= 4 is 32.8 Å². The molecule has 0 atom stereocenters. The van der Waals surface area contributed by atoms with E-state index in [1.807, 2.05) is 6.07 Å². The summed E-state index contributed by atoms with van der Waals surface area (Å²) in [5.74, 6) is -1.76. The van der Waals surface area contributed by atoms with Crippen molar-refractivity contribution in [1.29, 1.82) is 0 Å². The average molecular weight is 335 g/mol. The lowest BCUT2D eigenvalue weighted by atomic mass is 10.1. The van der Waals surface area contributed by atoms with Crippen LogP contribution in [0.5, 0.6) is 0 Å². The van der Waals surface area contributed by atoms with Crippen LogP contribution in [-0.4, -0.2) is 20.6 Å². The maximum atomic E-state index is 13.2. The number of carboxylic acid groups (broad SMARTS) is 1. The molecule has 100 valence electrons. The molecule has 3 rings (SSSR count). The molecular weight excluding hydrogens is 327 g/mol. The highest BCUT2D eigenvalue weighted by molar-refractivity contribution is 9.10. The van der Waals surface area contributed by atoms with Crippen molar-refractivity contribution in [3.05, 3.63) is 58.7 Å². The molecule has 0 bridgehead atoms. The number of hydrogen-bond donors (Lipinski definition) is 1. The van der Waals surface area contributed by atoms with Crippen LogP contribution in [-0.2, 0) is 0 Å². The minimum Gasteiger partial charge on any atom is -0.478 e. The Labute approximate surface area is 121 Å². The third-order valence-corrected chi connectivity index (χ3v) is 3.64. The van der Waals surface area contributed by atoms with Gasteiger partial charge >= 0.3 is 5.97 Å². The molecule has 4 nitrogen and oxygen atoms in total. The number of carbonyl (C=O) groups is 1. The summed E-state index contributed by atoms with van der Waals surface area (Å²) in [6, 6.07) is 5.50. The Morgan fingerprint density at radius 2 is 2.15 bits per heavy atom. The van der Waals surface area contributed by atoms with Crippen molar-refractivity contribution in [2.75, 3.05) is 0 Å². The molecule has 0 saturated carbocycles. The number of aromatic nitrogens is 2. The van der Waals surface area contributed by atoms with Crippen LogP contribution < -0.4 is 0 Å². The summed E-state index contributed by atoms with van der Waals surface area (Å²) in [4.78, 5) is 15.3. The van der Waals surface area contributed by atoms with Gasteiger partial charge in [0.2, 0.25) is 0 Å². The fraction of sp³-hybridized carbons (Fsp3) is 0. The minimum absolute atomic E-state index is 0.0988. The summed E-state index contributed by atoms with van der Waals surface area (Å²) >= 11 is 3.42. The van der Waals surface area contributed by atoms with Crippen LogP contribution in [0.25, 0.3) is 16.6 Å². The highest BCUT2D eigenvalue weighted by Crippen LogP contribution is 2.29. The summed E-state index contributed by atoms with van der Waals surface area (Å²) in [6.07, 6.45) is 5.03. The third kappa shape index (κ3) is 1.98. The van der Waals surface area contributed by atoms with E-state index in [-0.39, 0.29) is 5.56 Å². The zero-order chi connectivity index (χ0) is 14.3. The maximum Gasteiger partial charge on any atom is 0.337 e. The predicted molar refractivity (Wildman–Crippen MR) is 75.7 cm³/mol. The molecule has 0 spiro atoms. The molecule has 6 heteroatoms. The van der Waals surface area contributed by atoms with Gasteiger partial charge in [-0.05, 0) is 40.2 Å². The lowest BCUT2D eigenvalue weighted by Crippen LogP contribution is -2.05. The van der Waals surface area contributed by atoms with Crippen LogP contribution >= 0.6 is 15.9 Å². The number of rotatable bonds is 2. The zero-order valence-corrected chi connectivity index (χ0v) is 11.6. The minimum atomic E-state index is -1.18. The normalized spacial score (nSPS) is 10.9. The van der Waals surface area contributed by atoms with Crippen molar-refractivity contribution < 1.29 is 14.3 Å². The molecule has 20 heavy (non-hydrogen) atoms. The molecule has 0 unspecified atom stereocenters. The van der Waals surface area contributed by atoms with E-state index in [2.05, 4.69) is 20.9 Å². The first kappa shape index (κ1) is 12.8. The molecule has 0 amide bonds. The Bertz CT molecular complexity index is 829. The Morgan fingerprint density at radius 3 is 2.90 bits per heavy atom. The fourth-order valence-corrected chi connectivity index (χ4v) is 2.66. The first-order valence-corrected chi connectivity index (χ1v) is 6.51. The number of benzene rings is 1. The van der Waals surface area contributed by atoms with Crippen LogP contribution in [0.4, 0.5) is 4.39 Å². The summed E-state index contributed by atoms with van der Waals surface area (Å²) in [6.45, 7) is 0. The molecule has 1 N–H and O–H groups in total. The molecule has 3 aromatic rings. The van der Waals surface area contributed by atoms with Gasteiger partial charge in [-0.3, -0.25) is 4.98 Å². The molecule has 0 aliphatic carbocycles. The van der Waals surface area contributed by atoms with Crippen molar-refractivity contribution in [2.24, 2.45) is 0 Å². The van der Waals surface area contributed by atoms with E-state index in [0.29, 0.717) is 5.69 Å². The number of aromatic carboxylic acids is 1. The number of nitrogens with zero attached hydrogens (tertiary/aromatic N) is 2. The van der Waals surface area contributed by atoms with Crippen LogP contribution in [0.15, 0.2) is 47.3 Å². The van der Waals surface area contributed by atoms with Crippen LogP contribution in [0.3, 0.4) is 0 Å². The molecule has 0 fully saturated rings. The van der Waals surface area contributed by atoms with Gasteiger partial charge in [0, 0.05) is 22.3 Å². The van der Waals surface area contributed by atoms with E-state index >= 15 is 0 Å². The van der Waals surface area contributed by atoms with Crippen molar-refractivity contribution in [1.82, 2.24) is 9.55 Å². The van der Waals surface area contributed by atoms with Gasteiger partial charge in [-0.2, -0.15) is 0 Å². The van der Waals surface area contributed by atoms with E-state index in [4.69, 9.17) is 0 Å². The first-order valence-electron chi connectivity index (χ1n) is 5.71. The van der Waals surface area contributed by atoms with E-state index in [1.165, 1.54) is 12.1 Å². The SMILES string of the molecule is O=C(O)c1cc(F)ccc1-n1cc(Br)c2ccncc21. The topological polar surface area (TPSA) is 55.1 Å². The second-order valence-corrected chi connectivity index (χ2v) is 5.06. The van der Waals surface area contributed by atoms with Crippen LogP contribution in [0.2, 0.25) is 0 Å². The van der Waals surface area contributed by atoms with Crippen molar-refractivity contribution in [3.63, 3.8) is 0 Å². The van der Waals surface area contributed by atoms with E-state index in [1.54, 1.807) is 23.2 Å². The second-order valence-electron chi connectivity index (χ2n) is 4.21. The van der Waals surface area contributed by atoms with Crippen LogP contribution in [0, 0.1) is 5.82 Å². The zero-order valence-electron chi connectivity index (χ0n) is 10.0. The van der Waals surface area contributed by atoms with Gasteiger partial charge in [-0.25, -0.2) is 9.18 Å². The third-order valence-electron chi connectivity index (χ3n) is 3.01. The second kappa shape index (κ2) is 4.72. The van der Waals surface area contributed by atoms with Gasteiger partial charge in [0.25, 0.3) is 0 Å². The molecule has 0 aliphatic heterocycles. The lowest BCUT2D eigenvalue weighted by Gasteiger charge is -2.09. The molecule has 0 radical (unpaired) electrons. The fourth-order valence-electron chi connectivity index (χ4n) is 2.12. The Balaban J connectivity index is 2.34. The Kier molecular flexibility index (Phi) is 3.02. The average Bonchev–Trinajstić information content (AvgIpc) is 2.77. The largest absolute Gasteiger partial charge is 0.478 e. The smallest absolute Gasteiger partial charge is 0.337 e. The summed E-state index contributed by atoms with van der Waals surface area (Å²) in [5, 5.41) is 10.1. The molecule has 2 aromatic heterocycles. The molecular formula is C14H8BrFN2O2. The first-order chi connectivity index (χ1) is 9.58. The Morgan fingerprint density at radius 1 is 1.35 bits per heavy atom. The number of hydrogen-bond acceptors (Lipinski definition) is 2. The van der Waals surface area contributed by atoms with Gasteiger partial charge in [-0.1, -0.05) is 0 Å². The van der Waals surface area contributed by atoms with E-state index in [0.717, 1.165) is 21.4 Å². The summed E-state index contributed by atoms with van der Waals surface area (Å²) < 4.78 is 15.7. The van der Waals surface area contributed by atoms with Gasteiger partial charge in [0.05, 0.1) is 23.0 Å². The molecule has 1 aromatic carbocycles. The number of pyridine rings is 1. The highest BCUT2D eigenvalue weighted by Gasteiger charge is 2.16. The van der Waals surface area contributed by atoms with Crippen LogP contribution in [0.1, 0.15) is 10.4 Å². The number of fused-ring (bicyclic) bond motifs is 1. The molecule has 0 saturated heterocycles. The van der Waals surface area contributed by atoms with Gasteiger partial charge in [0.15, 0.2) is 0 Å². The highest BCUT2D eigenvalue weighted by atomic mass is 79.9. The van der Waals surface area contributed by atoms with E-state index in [9.17, 15) is 14.3 Å². The molecule has 0 aliphatic rings. The summed E-state index contributed by atoms with van der Waals surface area (Å²) in [5.41, 5.74) is 1.04. The Hall–Kier alpha value is -2.21. The quantitative estimate of drug-likeness (QED) is 0.778. The van der Waals surface area contributed by atoms with Crippen molar-refractivity contribution in [3.8, 4) is 5.69 Å². The number of carboxylic acids is 1. The molecule has 2 heterocycles.